The normalized spacial score (nSPS) is 15.7. The number of aromatic nitrogens is 2. The summed E-state index contributed by atoms with van der Waals surface area (Å²) in [5, 5.41) is 4.75. The van der Waals surface area contributed by atoms with Crippen molar-refractivity contribution in [1.82, 2.24) is 14.7 Å². The number of rotatable bonds is 5. The number of para-hydroxylation sites is 1. The van der Waals surface area contributed by atoms with E-state index < -0.39 is 0 Å². The zero-order chi connectivity index (χ0) is 24.5. The molecule has 3 aromatic carbocycles. The zero-order valence-electron chi connectivity index (χ0n) is 19.2. The fourth-order valence-electron chi connectivity index (χ4n) is 4.01. The summed E-state index contributed by atoms with van der Waals surface area (Å²) in [6.45, 7) is 3.69. The molecular weight excluding hydrogens is 477 g/mol. The Morgan fingerprint density at radius 2 is 1.71 bits per heavy atom. The quantitative estimate of drug-likeness (QED) is 0.220. The summed E-state index contributed by atoms with van der Waals surface area (Å²) < 4.78 is 16.7. The molecular formula is C28H22FN3OS2. The predicted molar refractivity (Wildman–Crippen MR) is 144 cm³/mol. The predicted octanol–water partition coefficient (Wildman–Crippen LogP) is 6.95. The van der Waals surface area contributed by atoms with Gasteiger partial charge in [0.25, 0.3) is 5.91 Å². The molecule has 0 bridgehead atoms. The number of amides is 1. The lowest BCUT2D eigenvalue weighted by molar-refractivity contribution is -0.123. The molecule has 0 radical (unpaired) electrons. The Morgan fingerprint density at radius 3 is 2.40 bits per heavy atom. The highest BCUT2D eigenvalue weighted by Gasteiger charge is 2.36. The molecule has 1 amide bonds. The summed E-state index contributed by atoms with van der Waals surface area (Å²) in [6, 6.07) is 24.4. The van der Waals surface area contributed by atoms with Crippen LogP contribution in [0.4, 0.5) is 4.39 Å². The summed E-state index contributed by atoms with van der Waals surface area (Å²) in [5.41, 5.74) is 4.39. The van der Waals surface area contributed by atoms with Crippen LogP contribution in [0.15, 0.2) is 90.0 Å². The van der Waals surface area contributed by atoms with Gasteiger partial charge in [0, 0.05) is 17.3 Å². The number of thiocarbonyl (C=S) groups is 1. The first kappa shape index (κ1) is 23.2. The molecule has 1 fully saturated rings. The van der Waals surface area contributed by atoms with Gasteiger partial charge in [-0.15, -0.1) is 0 Å². The number of hydrogen-bond acceptors (Lipinski definition) is 4. The van der Waals surface area contributed by atoms with Crippen molar-refractivity contribution in [2.75, 3.05) is 0 Å². The summed E-state index contributed by atoms with van der Waals surface area (Å²) in [4.78, 5) is 15.6. The number of nitrogens with zero attached hydrogens (tertiary/aromatic N) is 3. The molecule has 35 heavy (non-hydrogen) atoms. The number of halogens is 1. The lowest BCUT2D eigenvalue weighted by Crippen LogP contribution is -2.30. The van der Waals surface area contributed by atoms with Crippen LogP contribution in [0, 0.1) is 12.7 Å². The highest BCUT2D eigenvalue weighted by molar-refractivity contribution is 8.26. The first-order valence-corrected chi connectivity index (χ1v) is 12.4. The van der Waals surface area contributed by atoms with Gasteiger partial charge in [-0.05, 0) is 49.2 Å². The van der Waals surface area contributed by atoms with Crippen LogP contribution in [-0.2, 0) is 4.79 Å². The molecule has 4 nitrogen and oxygen atoms in total. The standard InChI is InChI=1S/C28H22FN3OS2/c1-18-13-14-21(15-24(18)29)26-22(17-31(30-26)23-11-7-4-8-12-23)16-25-27(33)32(28(34)35-25)19(2)20-9-5-3-6-10-20/h3-17,19H,1-2H3/b25-16-/t19-/m1/s1. The second-order valence-corrected chi connectivity index (χ2v) is 9.99. The minimum Gasteiger partial charge on any atom is -0.286 e. The minimum atomic E-state index is -0.300. The largest absolute Gasteiger partial charge is 0.286 e. The van der Waals surface area contributed by atoms with E-state index >= 15 is 0 Å². The maximum absolute atomic E-state index is 14.4. The van der Waals surface area contributed by atoms with Crippen molar-refractivity contribution in [3.05, 3.63) is 112 Å². The van der Waals surface area contributed by atoms with Gasteiger partial charge in [0.05, 0.1) is 16.6 Å². The molecule has 1 aliphatic heterocycles. The van der Waals surface area contributed by atoms with Gasteiger partial charge in [-0.1, -0.05) is 84.6 Å². The van der Waals surface area contributed by atoms with Crippen molar-refractivity contribution in [1.29, 1.82) is 0 Å². The summed E-state index contributed by atoms with van der Waals surface area (Å²) in [6.07, 6.45) is 3.66. The average Bonchev–Trinajstić information content (AvgIpc) is 3.42. The van der Waals surface area contributed by atoms with E-state index in [-0.39, 0.29) is 17.8 Å². The van der Waals surface area contributed by atoms with E-state index in [0.29, 0.717) is 31.6 Å². The molecule has 0 aliphatic carbocycles. The number of carbonyl (C=O) groups excluding carboxylic acids is 1. The Bertz CT molecular complexity index is 1450. The van der Waals surface area contributed by atoms with E-state index in [1.165, 1.54) is 17.8 Å². The van der Waals surface area contributed by atoms with E-state index in [1.54, 1.807) is 28.6 Å². The van der Waals surface area contributed by atoms with E-state index in [2.05, 4.69) is 0 Å². The topological polar surface area (TPSA) is 38.1 Å². The van der Waals surface area contributed by atoms with E-state index in [1.807, 2.05) is 79.9 Å². The maximum Gasteiger partial charge on any atom is 0.266 e. The Hall–Kier alpha value is -3.55. The summed E-state index contributed by atoms with van der Waals surface area (Å²) in [7, 11) is 0. The number of thioether (sulfide) groups is 1. The zero-order valence-corrected chi connectivity index (χ0v) is 20.8. The van der Waals surface area contributed by atoms with Crippen LogP contribution in [-0.4, -0.2) is 24.9 Å². The molecule has 0 unspecified atom stereocenters. The third-order valence-corrected chi connectivity index (χ3v) is 7.32. The molecule has 1 aromatic heterocycles. The molecule has 0 spiro atoms. The first-order chi connectivity index (χ1) is 16.9. The van der Waals surface area contributed by atoms with E-state index in [0.717, 1.165) is 11.3 Å². The van der Waals surface area contributed by atoms with Gasteiger partial charge in [0.2, 0.25) is 0 Å². The van der Waals surface area contributed by atoms with Crippen molar-refractivity contribution in [2.24, 2.45) is 0 Å². The fourth-order valence-corrected chi connectivity index (χ4v) is 5.42. The van der Waals surface area contributed by atoms with Gasteiger partial charge in [-0.2, -0.15) is 5.10 Å². The van der Waals surface area contributed by atoms with E-state index in [4.69, 9.17) is 17.3 Å². The summed E-state index contributed by atoms with van der Waals surface area (Å²) >= 11 is 6.86. The second kappa shape index (κ2) is 9.60. The number of hydrogen-bond donors (Lipinski definition) is 0. The fraction of sp³-hybridized carbons (Fsp3) is 0.107. The van der Waals surface area contributed by atoms with Crippen molar-refractivity contribution in [2.45, 2.75) is 19.9 Å². The average molecular weight is 500 g/mol. The van der Waals surface area contributed by atoms with Crippen LogP contribution < -0.4 is 0 Å². The maximum atomic E-state index is 14.4. The van der Waals surface area contributed by atoms with Crippen molar-refractivity contribution in [3.8, 4) is 16.9 Å². The molecule has 0 N–H and O–H groups in total. The van der Waals surface area contributed by atoms with Crippen LogP contribution >= 0.6 is 24.0 Å². The molecule has 1 atom stereocenters. The van der Waals surface area contributed by atoms with Gasteiger partial charge in [0.15, 0.2) is 0 Å². The highest BCUT2D eigenvalue weighted by Crippen LogP contribution is 2.39. The molecule has 1 saturated heterocycles. The molecule has 2 heterocycles. The van der Waals surface area contributed by atoms with Crippen LogP contribution in [0.25, 0.3) is 23.0 Å². The number of carbonyl (C=O) groups is 1. The number of aryl methyl sites for hydroxylation is 1. The lowest BCUT2D eigenvalue weighted by atomic mass is 10.1. The lowest BCUT2D eigenvalue weighted by Gasteiger charge is -2.23. The Balaban J connectivity index is 1.56. The third-order valence-electron chi connectivity index (χ3n) is 5.99. The number of benzene rings is 3. The van der Waals surface area contributed by atoms with Gasteiger partial charge < -0.3 is 0 Å². The minimum absolute atomic E-state index is 0.148. The Morgan fingerprint density at radius 1 is 1.03 bits per heavy atom. The molecule has 1 aliphatic rings. The first-order valence-electron chi connectivity index (χ1n) is 11.2. The SMILES string of the molecule is Cc1ccc(-c2nn(-c3ccccc3)cc2/C=C2\SC(=S)N([C@H](C)c3ccccc3)C2=O)cc1F. The van der Waals surface area contributed by atoms with Crippen LogP contribution in [0.5, 0.6) is 0 Å². The van der Waals surface area contributed by atoms with Gasteiger partial charge in [-0.25, -0.2) is 9.07 Å². The van der Waals surface area contributed by atoms with Crippen LogP contribution in [0.2, 0.25) is 0 Å². The van der Waals surface area contributed by atoms with Crippen molar-refractivity contribution >= 4 is 40.3 Å². The van der Waals surface area contributed by atoms with Crippen molar-refractivity contribution < 1.29 is 9.18 Å². The molecule has 174 valence electrons. The van der Waals surface area contributed by atoms with Gasteiger partial charge in [0.1, 0.15) is 15.8 Å². The van der Waals surface area contributed by atoms with Crippen molar-refractivity contribution in [3.63, 3.8) is 0 Å². The monoisotopic (exact) mass is 499 g/mol. The van der Waals surface area contributed by atoms with E-state index in [9.17, 15) is 9.18 Å². The van der Waals surface area contributed by atoms with Crippen LogP contribution in [0.3, 0.4) is 0 Å². The van der Waals surface area contributed by atoms with Gasteiger partial charge in [-0.3, -0.25) is 9.69 Å². The second-order valence-electron chi connectivity index (χ2n) is 8.32. The smallest absolute Gasteiger partial charge is 0.266 e. The third kappa shape index (κ3) is 4.57. The van der Waals surface area contributed by atoms with Crippen LogP contribution in [0.1, 0.15) is 29.7 Å². The molecule has 4 aromatic rings. The Labute approximate surface area is 213 Å². The summed E-state index contributed by atoms with van der Waals surface area (Å²) in [5.74, 6) is -0.449. The Kier molecular flexibility index (Phi) is 6.36. The molecule has 7 heteroatoms. The molecule has 5 rings (SSSR count). The molecule has 0 saturated carbocycles. The highest BCUT2D eigenvalue weighted by atomic mass is 32.2. The van der Waals surface area contributed by atoms with Gasteiger partial charge >= 0.3 is 0 Å².